The fourth-order valence-electron chi connectivity index (χ4n) is 11.7. The van der Waals surface area contributed by atoms with E-state index >= 15 is 4.79 Å². The van der Waals surface area contributed by atoms with E-state index in [1.165, 1.54) is 43.4 Å². The minimum absolute atomic E-state index is 0.0230. The van der Waals surface area contributed by atoms with E-state index in [-0.39, 0.29) is 58.0 Å². The summed E-state index contributed by atoms with van der Waals surface area (Å²) in [6, 6.07) is -6.40. The minimum atomic E-state index is -1.95. The van der Waals surface area contributed by atoms with Crippen molar-refractivity contribution in [1.82, 2.24) is 68.3 Å². The fraction of sp³-hybridized carbons (Fsp3) is 0.667. The molecule has 0 aromatic heterocycles. The Kier molecular flexibility index (Phi) is 35.8. The molecule has 33 heteroatoms. The highest BCUT2D eigenvalue weighted by atomic mass is 16.4. The Morgan fingerprint density at radius 1 is 0.525 bits per heavy atom. The highest BCUT2D eigenvalue weighted by molar-refractivity contribution is 6.00. The van der Waals surface area contributed by atoms with Crippen LogP contribution in [-0.2, 0) is 83.1 Å². The van der Waals surface area contributed by atoms with E-state index in [0.717, 1.165) is 43.9 Å². The van der Waals surface area contributed by atoms with Crippen LogP contribution in [-0.4, -0.2) is 225 Å². The number of aliphatic hydroxyl groups excluding tert-OH is 1. The molecule has 550 valence electrons. The van der Waals surface area contributed by atoms with Crippen LogP contribution in [0.4, 0.5) is 0 Å². The van der Waals surface area contributed by atoms with Gasteiger partial charge in [-0.25, -0.2) is 0 Å². The summed E-state index contributed by atoms with van der Waals surface area (Å²) >= 11 is 0. The second-order valence-corrected chi connectivity index (χ2v) is 25.4. The van der Waals surface area contributed by atoms with Gasteiger partial charge in [0, 0.05) is 32.5 Å². The summed E-state index contributed by atoms with van der Waals surface area (Å²) in [5.41, 5.74) is 0.603. The third-order valence-electron chi connectivity index (χ3n) is 17.4. The number of carbonyl (C=O) groups is 16. The van der Waals surface area contributed by atoms with E-state index in [9.17, 15) is 92.3 Å². The van der Waals surface area contributed by atoms with Crippen LogP contribution in [0.2, 0.25) is 0 Å². The molecule has 3 saturated heterocycles. The van der Waals surface area contributed by atoms with E-state index < -0.39 is 207 Å². The molecule has 11 atom stereocenters. The molecule has 3 heterocycles. The lowest BCUT2D eigenvalue weighted by Gasteiger charge is -2.37. The van der Waals surface area contributed by atoms with Crippen LogP contribution in [0.5, 0.6) is 0 Å². The number of fused-ring (bicyclic) bond motifs is 2. The van der Waals surface area contributed by atoms with Gasteiger partial charge in [0.05, 0.1) is 45.0 Å². The molecule has 1 aromatic rings. The number of hydrogen-bond donors (Lipinski definition) is 15. The van der Waals surface area contributed by atoms with Crippen molar-refractivity contribution in [2.24, 2.45) is 5.92 Å². The average molecular weight is 1400 g/mol. The summed E-state index contributed by atoms with van der Waals surface area (Å²) in [6.45, 7) is 2.63. The van der Waals surface area contributed by atoms with E-state index in [2.05, 4.69) is 65.4 Å². The average Bonchev–Trinajstić information content (AvgIpc) is 1.73. The lowest BCUT2D eigenvalue weighted by molar-refractivity contribution is -0.146. The number of hydrogen-bond acceptors (Lipinski definition) is 17. The molecule has 0 radical (unpaired) electrons. The fourth-order valence-corrected chi connectivity index (χ4v) is 11.7. The quantitative estimate of drug-likeness (QED) is 0.0402. The number of nitrogens with zero attached hydrogens (tertiary/aromatic N) is 2. The summed E-state index contributed by atoms with van der Waals surface area (Å²) in [6.07, 6.45) is 8.88. The van der Waals surface area contributed by atoms with Gasteiger partial charge in [0.1, 0.15) is 54.4 Å². The maximum absolute atomic E-state index is 15.1. The maximum Gasteiger partial charge on any atom is 0.305 e. The van der Waals surface area contributed by atoms with Crippen LogP contribution in [0.25, 0.3) is 0 Å². The number of aliphatic hydroxyl groups is 1. The van der Waals surface area contributed by atoms with Crippen molar-refractivity contribution >= 4 is 94.7 Å². The molecule has 0 saturated carbocycles. The van der Waals surface area contributed by atoms with Crippen molar-refractivity contribution in [2.45, 2.75) is 236 Å². The molecule has 3 fully saturated rings. The smallest absolute Gasteiger partial charge is 0.305 e. The predicted molar refractivity (Wildman–Crippen MR) is 353 cm³/mol. The van der Waals surface area contributed by atoms with Gasteiger partial charge in [0.15, 0.2) is 0 Å². The molecule has 0 bridgehead atoms. The first-order chi connectivity index (χ1) is 47.1. The lowest BCUT2D eigenvalue weighted by atomic mass is 9.96. The number of carboxylic acids is 3. The zero-order chi connectivity index (χ0) is 73.1. The van der Waals surface area contributed by atoms with Crippen LogP contribution in [0.1, 0.15) is 175 Å². The van der Waals surface area contributed by atoms with Crippen molar-refractivity contribution in [1.29, 1.82) is 0 Å². The van der Waals surface area contributed by atoms with Gasteiger partial charge in [-0.1, -0.05) is 128 Å². The van der Waals surface area contributed by atoms with Gasteiger partial charge in [-0.15, -0.1) is 0 Å². The number of carboxylic acid groups (broad SMARTS) is 3. The molecular formula is C66H101N13O20. The predicted octanol–water partition coefficient (Wildman–Crippen LogP) is -1.58. The summed E-state index contributed by atoms with van der Waals surface area (Å²) in [4.78, 5) is 219. The van der Waals surface area contributed by atoms with Crippen molar-refractivity contribution in [3.63, 3.8) is 0 Å². The van der Waals surface area contributed by atoms with Crippen LogP contribution in [0, 0.1) is 5.92 Å². The van der Waals surface area contributed by atoms with E-state index in [1.54, 1.807) is 44.2 Å². The highest BCUT2D eigenvalue weighted by Gasteiger charge is 2.43. The third-order valence-corrected chi connectivity index (χ3v) is 17.4. The summed E-state index contributed by atoms with van der Waals surface area (Å²) in [7, 11) is 0. The number of amides is 13. The Bertz CT molecular complexity index is 2970. The van der Waals surface area contributed by atoms with Crippen molar-refractivity contribution in [2.75, 3.05) is 39.3 Å². The van der Waals surface area contributed by atoms with Crippen LogP contribution < -0.4 is 58.5 Å². The lowest BCUT2D eigenvalue weighted by Crippen LogP contribution is -2.63. The van der Waals surface area contributed by atoms with Gasteiger partial charge >= 0.3 is 17.9 Å². The first kappa shape index (κ1) is 82.1. The second kappa shape index (κ2) is 43.2. The molecule has 4 rings (SSSR count). The maximum atomic E-state index is 15.1. The minimum Gasteiger partial charge on any atom is -0.481 e. The summed E-state index contributed by atoms with van der Waals surface area (Å²) in [5.74, 6) is -19.0. The monoisotopic (exact) mass is 1400 g/mol. The SMILES string of the molecule is CCCCCCCCCCCCCCC(=O)N[C@@H](Cc1ccccc1)C(=O)N[C@@H](CC(=O)O)C(=O)N[C@H]1CNC(=O)[C@@H]2CCCN2C(=O)[C@H]([C@H](C)CC)NC(=O)[C@H]([C@@H](C)O)NC(=O)CNC(=O)[C@H](CC(=O)O)NC(=O)CNC(=O)[C@H](CC(=O)O)NC(=O)CNC(=O)[C@@H]2CCCCN2C1=O. The molecule has 13 amide bonds. The van der Waals surface area contributed by atoms with Crippen LogP contribution in [0.15, 0.2) is 30.3 Å². The molecule has 15 N–H and O–H groups in total. The van der Waals surface area contributed by atoms with E-state index in [1.807, 2.05) is 0 Å². The normalized spacial score (nSPS) is 22.8. The van der Waals surface area contributed by atoms with Crippen LogP contribution in [0.3, 0.4) is 0 Å². The summed E-state index contributed by atoms with van der Waals surface area (Å²) < 4.78 is 0. The van der Waals surface area contributed by atoms with Crippen molar-refractivity contribution < 1.29 is 97.1 Å². The molecule has 0 spiro atoms. The van der Waals surface area contributed by atoms with Gasteiger partial charge in [0.25, 0.3) is 0 Å². The number of benzene rings is 1. The van der Waals surface area contributed by atoms with Crippen LogP contribution >= 0.6 is 0 Å². The Morgan fingerprint density at radius 2 is 1.02 bits per heavy atom. The van der Waals surface area contributed by atoms with Gasteiger partial charge in [-0.3, -0.25) is 76.7 Å². The van der Waals surface area contributed by atoms with Gasteiger partial charge in [0.2, 0.25) is 76.8 Å². The zero-order valence-corrected chi connectivity index (χ0v) is 57.0. The molecule has 3 aliphatic heterocycles. The van der Waals surface area contributed by atoms with Gasteiger partial charge in [-0.2, -0.15) is 0 Å². The second-order valence-electron chi connectivity index (χ2n) is 25.4. The topological polar surface area (TPSA) is 493 Å². The third kappa shape index (κ3) is 29.0. The molecule has 99 heavy (non-hydrogen) atoms. The van der Waals surface area contributed by atoms with Gasteiger partial charge < -0.3 is 88.7 Å². The molecule has 0 aliphatic carbocycles. The standard InChI is InChI=1S/C66H101N13O20/c1-5-7-8-9-10-11-12-13-14-15-16-20-28-49(81)71-42(31-41-24-18-17-19-25-41)60(93)74-45(34-55(89)90)61(94)75-46-35-67-62(95)48-27-23-30-79(48)66(99)56(39(3)6-2)77-64(97)57(40(4)80)76-52(84)38-69-59(92)44(33-54(87)88)72-50(82)36-68-58(91)43(32-53(85)86)73-51(83)37-70-63(96)47-26-21-22-29-78(47)65(46)98/h17-19,24-25,39-40,42-48,56-57,80H,5-16,20-23,26-38H2,1-4H3,(H,67,95)(H,68,91)(H,69,92)(H,70,96)(H,71,81)(H,72,82)(H,73,83)(H,74,93)(H,75,94)(H,76,84)(H,77,97)(H,85,86)(H,87,88)(H,89,90)/t39-,40-,42+,43+,44+,45+,46+,47+,48+,56+,57+/m1/s1. The Hall–Kier alpha value is -9.30. The number of rotatable bonds is 29. The summed E-state index contributed by atoms with van der Waals surface area (Å²) in [5, 5.41) is 65.8. The first-order valence-electron chi connectivity index (χ1n) is 34.3. The molecule has 33 nitrogen and oxygen atoms in total. The Balaban J connectivity index is 1.69. The number of nitrogens with one attached hydrogen (secondary N) is 11. The zero-order valence-electron chi connectivity index (χ0n) is 57.0. The molecular weight excluding hydrogens is 1290 g/mol. The first-order valence-corrected chi connectivity index (χ1v) is 34.3. The largest absolute Gasteiger partial charge is 0.481 e. The van der Waals surface area contributed by atoms with Gasteiger partial charge in [-0.05, 0) is 56.9 Å². The van der Waals surface area contributed by atoms with Crippen molar-refractivity contribution in [3.8, 4) is 0 Å². The Morgan fingerprint density at radius 3 is 1.55 bits per heavy atom. The molecule has 1 aromatic carbocycles. The molecule has 3 aliphatic rings. The van der Waals surface area contributed by atoms with E-state index in [4.69, 9.17) is 0 Å². The molecule has 0 unspecified atom stereocenters. The number of unbranched alkanes of at least 4 members (excludes halogenated alkanes) is 11. The number of carbonyl (C=O) groups excluding carboxylic acids is 13. The van der Waals surface area contributed by atoms with Crippen molar-refractivity contribution in [3.05, 3.63) is 35.9 Å². The number of aliphatic carboxylic acids is 3. The van der Waals surface area contributed by atoms with E-state index in [0.29, 0.717) is 18.4 Å². The Labute approximate surface area is 575 Å². The highest BCUT2D eigenvalue weighted by Crippen LogP contribution is 2.23. The number of piperidine rings is 1.